The van der Waals surface area contributed by atoms with Crippen molar-refractivity contribution in [3.8, 4) is 0 Å². The number of nitrogens with one attached hydrogen (secondary N) is 1. The molecule has 0 amide bonds. The number of Topliss-reactive ketones (excluding diaryl/α,β-unsaturated/α-hetero) is 1. The quantitative estimate of drug-likeness (QED) is 0.183. The summed E-state index contributed by atoms with van der Waals surface area (Å²) in [5, 5.41) is 3.46. The number of alkyl halides is 1. The number of hydrogen-bond acceptors (Lipinski definition) is 2. The third-order valence-corrected chi connectivity index (χ3v) is 4.50. The fourth-order valence-corrected chi connectivity index (χ4v) is 2.87. The van der Waals surface area contributed by atoms with Gasteiger partial charge in [0.25, 0.3) is 0 Å². The monoisotopic (exact) mass is 413 g/mol. The SMILES string of the molecule is C/C=C/CC(CNCCCCCI)C(=O)c1ccc(C)cc1. The summed E-state index contributed by atoms with van der Waals surface area (Å²) < 4.78 is 1.23. The summed E-state index contributed by atoms with van der Waals surface area (Å²) in [7, 11) is 0. The molecule has 122 valence electrons. The lowest BCUT2D eigenvalue weighted by Crippen LogP contribution is -2.29. The number of ketones is 1. The molecule has 0 saturated carbocycles. The third-order valence-electron chi connectivity index (χ3n) is 3.74. The first-order chi connectivity index (χ1) is 10.7. The molecule has 0 spiro atoms. The lowest BCUT2D eigenvalue weighted by molar-refractivity contribution is 0.0919. The second kappa shape index (κ2) is 11.8. The van der Waals surface area contributed by atoms with E-state index < -0.39 is 0 Å². The van der Waals surface area contributed by atoms with Crippen molar-refractivity contribution < 1.29 is 4.79 Å². The fourth-order valence-electron chi connectivity index (χ4n) is 2.33. The molecule has 1 aromatic rings. The zero-order chi connectivity index (χ0) is 16.2. The molecule has 0 radical (unpaired) electrons. The summed E-state index contributed by atoms with van der Waals surface area (Å²) in [6.45, 7) is 5.82. The van der Waals surface area contributed by atoms with Crippen LogP contribution in [0.2, 0.25) is 0 Å². The molecule has 0 aliphatic rings. The van der Waals surface area contributed by atoms with Crippen LogP contribution in [0.3, 0.4) is 0 Å². The Morgan fingerprint density at radius 1 is 1.23 bits per heavy atom. The van der Waals surface area contributed by atoms with Gasteiger partial charge >= 0.3 is 0 Å². The average molecular weight is 413 g/mol. The van der Waals surface area contributed by atoms with Crippen molar-refractivity contribution in [2.75, 3.05) is 17.5 Å². The molecule has 1 rings (SSSR count). The Morgan fingerprint density at radius 2 is 1.95 bits per heavy atom. The Balaban J connectivity index is 2.52. The van der Waals surface area contributed by atoms with Gasteiger partial charge in [-0.15, -0.1) is 0 Å². The summed E-state index contributed by atoms with van der Waals surface area (Å²) >= 11 is 2.42. The van der Waals surface area contributed by atoms with E-state index in [-0.39, 0.29) is 11.7 Å². The van der Waals surface area contributed by atoms with Crippen molar-refractivity contribution in [1.82, 2.24) is 5.32 Å². The Kier molecular flexibility index (Phi) is 10.4. The van der Waals surface area contributed by atoms with Crippen LogP contribution >= 0.6 is 22.6 Å². The minimum atomic E-state index is 0.0310. The molecule has 1 unspecified atom stereocenters. The summed E-state index contributed by atoms with van der Waals surface area (Å²) in [5.74, 6) is 0.279. The molecule has 1 N–H and O–H groups in total. The highest BCUT2D eigenvalue weighted by Crippen LogP contribution is 2.14. The van der Waals surface area contributed by atoms with E-state index in [2.05, 4.69) is 34.0 Å². The number of allylic oxidation sites excluding steroid dienone is 2. The van der Waals surface area contributed by atoms with E-state index in [4.69, 9.17) is 0 Å². The highest BCUT2D eigenvalue weighted by atomic mass is 127. The second-order valence-corrected chi connectivity index (χ2v) is 6.76. The van der Waals surface area contributed by atoms with Gasteiger partial charge in [-0.25, -0.2) is 0 Å². The normalized spacial score (nSPS) is 12.7. The van der Waals surface area contributed by atoms with Crippen LogP contribution in [0.4, 0.5) is 0 Å². The largest absolute Gasteiger partial charge is 0.316 e. The zero-order valence-corrected chi connectivity index (χ0v) is 15.9. The van der Waals surface area contributed by atoms with Crippen LogP contribution in [0.25, 0.3) is 0 Å². The molecule has 1 aromatic carbocycles. The van der Waals surface area contributed by atoms with Gasteiger partial charge in [-0.2, -0.15) is 0 Å². The number of unbranched alkanes of at least 4 members (excludes halogenated alkanes) is 2. The maximum atomic E-state index is 12.7. The van der Waals surface area contributed by atoms with E-state index in [9.17, 15) is 4.79 Å². The minimum absolute atomic E-state index is 0.0310. The van der Waals surface area contributed by atoms with Gasteiger partial charge < -0.3 is 5.32 Å². The van der Waals surface area contributed by atoms with Gasteiger partial charge in [-0.3, -0.25) is 4.79 Å². The highest BCUT2D eigenvalue weighted by molar-refractivity contribution is 14.1. The van der Waals surface area contributed by atoms with Gasteiger partial charge in [0.2, 0.25) is 0 Å². The van der Waals surface area contributed by atoms with Gasteiger partial charge in [-0.1, -0.05) is 71.0 Å². The van der Waals surface area contributed by atoms with Crippen molar-refractivity contribution in [2.45, 2.75) is 39.5 Å². The first-order valence-corrected chi connectivity index (χ1v) is 9.70. The number of benzene rings is 1. The molecule has 1 atom stereocenters. The number of carbonyl (C=O) groups excluding carboxylic acids is 1. The highest BCUT2D eigenvalue weighted by Gasteiger charge is 2.18. The maximum Gasteiger partial charge on any atom is 0.167 e. The smallest absolute Gasteiger partial charge is 0.167 e. The number of rotatable bonds is 11. The number of halogens is 1. The summed E-state index contributed by atoms with van der Waals surface area (Å²) in [5.41, 5.74) is 2.02. The van der Waals surface area contributed by atoms with Gasteiger partial charge in [0.15, 0.2) is 5.78 Å². The van der Waals surface area contributed by atoms with Crippen LogP contribution in [0.5, 0.6) is 0 Å². The van der Waals surface area contributed by atoms with E-state index in [0.29, 0.717) is 0 Å². The lowest BCUT2D eigenvalue weighted by Gasteiger charge is -2.15. The molecule has 0 bridgehead atoms. The van der Waals surface area contributed by atoms with Crippen molar-refractivity contribution in [1.29, 1.82) is 0 Å². The van der Waals surface area contributed by atoms with Crippen molar-refractivity contribution in [3.63, 3.8) is 0 Å². The molecule has 0 heterocycles. The molecule has 0 aromatic heterocycles. The predicted molar refractivity (Wildman–Crippen MR) is 104 cm³/mol. The Morgan fingerprint density at radius 3 is 2.59 bits per heavy atom. The van der Waals surface area contributed by atoms with Gasteiger partial charge in [0, 0.05) is 18.0 Å². The van der Waals surface area contributed by atoms with Crippen LogP contribution in [0.1, 0.15) is 48.5 Å². The Hall–Kier alpha value is -0.680. The Labute approximate surface area is 148 Å². The van der Waals surface area contributed by atoms with Crippen molar-refractivity contribution >= 4 is 28.4 Å². The summed E-state index contributed by atoms with van der Waals surface area (Å²) in [4.78, 5) is 12.7. The number of hydrogen-bond donors (Lipinski definition) is 1. The van der Waals surface area contributed by atoms with E-state index in [1.165, 1.54) is 29.3 Å². The first-order valence-electron chi connectivity index (χ1n) is 8.17. The average Bonchev–Trinajstić information content (AvgIpc) is 2.53. The number of aryl methyl sites for hydroxylation is 1. The fraction of sp³-hybridized carbons (Fsp3) is 0.526. The molecule has 0 aliphatic carbocycles. The standard InChI is InChI=1S/C19H28INO/c1-3-4-8-18(15-21-14-7-5-6-13-20)19(22)17-11-9-16(2)10-12-17/h3-4,9-12,18,21H,5-8,13-15H2,1-2H3/b4-3+. The zero-order valence-electron chi connectivity index (χ0n) is 13.8. The molecule has 3 heteroatoms. The molecular formula is C19H28INO. The molecule has 0 aliphatic heterocycles. The molecule has 22 heavy (non-hydrogen) atoms. The third kappa shape index (κ3) is 7.54. The lowest BCUT2D eigenvalue weighted by atomic mass is 9.93. The van der Waals surface area contributed by atoms with E-state index in [0.717, 1.165) is 25.1 Å². The Bertz CT molecular complexity index is 453. The van der Waals surface area contributed by atoms with Crippen LogP contribution in [0.15, 0.2) is 36.4 Å². The molecule has 2 nitrogen and oxygen atoms in total. The van der Waals surface area contributed by atoms with Crippen LogP contribution in [-0.4, -0.2) is 23.3 Å². The van der Waals surface area contributed by atoms with Crippen molar-refractivity contribution in [3.05, 3.63) is 47.5 Å². The molecule has 0 saturated heterocycles. The molecular weight excluding hydrogens is 385 g/mol. The van der Waals surface area contributed by atoms with E-state index >= 15 is 0 Å². The second-order valence-electron chi connectivity index (χ2n) is 5.69. The van der Waals surface area contributed by atoms with Gasteiger partial charge in [0.05, 0.1) is 0 Å². The number of carbonyl (C=O) groups is 1. The van der Waals surface area contributed by atoms with E-state index in [1.807, 2.05) is 44.2 Å². The maximum absolute atomic E-state index is 12.7. The summed E-state index contributed by atoms with van der Waals surface area (Å²) in [6, 6.07) is 7.91. The topological polar surface area (TPSA) is 29.1 Å². The van der Waals surface area contributed by atoms with E-state index in [1.54, 1.807) is 0 Å². The molecule has 0 fully saturated rings. The summed E-state index contributed by atoms with van der Waals surface area (Å²) in [6.07, 6.45) is 8.67. The van der Waals surface area contributed by atoms with Gasteiger partial charge in [-0.05, 0) is 44.1 Å². The minimum Gasteiger partial charge on any atom is -0.316 e. The first kappa shape index (κ1) is 19.4. The van der Waals surface area contributed by atoms with Crippen LogP contribution in [0, 0.1) is 12.8 Å². The van der Waals surface area contributed by atoms with Crippen molar-refractivity contribution in [2.24, 2.45) is 5.92 Å². The van der Waals surface area contributed by atoms with Gasteiger partial charge in [0.1, 0.15) is 0 Å². The van der Waals surface area contributed by atoms with Crippen LogP contribution in [-0.2, 0) is 0 Å². The van der Waals surface area contributed by atoms with Crippen LogP contribution < -0.4 is 5.32 Å². The predicted octanol–water partition coefficient (Wildman–Crippen LogP) is 4.96.